The van der Waals surface area contributed by atoms with Gasteiger partial charge in [-0.3, -0.25) is 0 Å². The maximum Gasteiger partial charge on any atom is 0.126 e. The van der Waals surface area contributed by atoms with Gasteiger partial charge in [-0.2, -0.15) is 9.12 Å². The first-order chi connectivity index (χ1) is 1.00. The van der Waals surface area contributed by atoms with Crippen LogP contribution in [0, 0.1) is 40.8 Å². The zero-order chi connectivity index (χ0) is 2.00. The van der Waals surface area contributed by atoms with Crippen molar-refractivity contribution in [3.8, 4) is 0 Å². The van der Waals surface area contributed by atoms with E-state index >= 15 is 0 Å². The topological polar surface area (TPSA) is 0 Å². The van der Waals surface area contributed by atoms with Crippen molar-refractivity contribution in [1.82, 2.24) is 0 Å². The molecule has 1 atom stereocenters. The van der Waals surface area contributed by atoms with Gasteiger partial charge in [0.05, 0.1) is 0 Å². The molecule has 0 N–H and O–H groups in total. The van der Waals surface area contributed by atoms with E-state index in [4.69, 9.17) is 0 Å². The van der Waals surface area contributed by atoms with Gasteiger partial charge in [0, 0.05) is 57.9 Å². The Kier molecular flexibility index (Phi) is 73.9. The fraction of sp³-hybridized carbons (Fsp3) is 0. The molecule has 0 saturated carbocycles. The molecule has 0 spiro atoms. The van der Waals surface area contributed by atoms with Crippen molar-refractivity contribution in [2.45, 2.75) is 0 Å². The Bertz CT molecular complexity index is 8.00. The number of hydrogen-bond acceptors (Lipinski definition) is 0. The molecule has 1 unspecified atom stereocenters. The Morgan fingerprint density at radius 1 is 1.25 bits per heavy atom. The standard InChI is InChI=1S/BH4P.Fe.Nd/c1-2;;/h1-2H2;;. The summed E-state index contributed by atoms with van der Waals surface area (Å²) in [4.78, 5) is 0. The van der Waals surface area contributed by atoms with E-state index in [9.17, 15) is 0 Å². The molecule has 0 heterocycles. The molecule has 0 radical (unpaired) electrons. The molecule has 24 valence electrons. The van der Waals surface area contributed by atoms with Crippen LogP contribution in [0.3, 0.4) is 0 Å². The molecule has 4 heavy (non-hydrogen) atoms. The van der Waals surface area contributed by atoms with Gasteiger partial charge in [0.15, 0.2) is 0 Å². The van der Waals surface area contributed by atoms with Crippen LogP contribution < -0.4 is 0 Å². The van der Waals surface area contributed by atoms with Crippen LogP contribution in [0.5, 0.6) is 0 Å². The van der Waals surface area contributed by atoms with Gasteiger partial charge in [0.2, 0.25) is 0 Å². The summed E-state index contributed by atoms with van der Waals surface area (Å²) in [6.07, 6.45) is 0. The molecule has 0 nitrogen and oxygen atoms in total. The van der Waals surface area contributed by atoms with Crippen molar-refractivity contribution in [3.63, 3.8) is 0 Å². The Morgan fingerprint density at radius 3 is 1.25 bits per heavy atom. The van der Waals surface area contributed by atoms with Crippen molar-refractivity contribution in [3.05, 3.63) is 0 Å². The predicted molar refractivity (Wildman–Crippen MR) is 18.3 cm³/mol. The van der Waals surface area contributed by atoms with Gasteiger partial charge in [-0.1, -0.05) is 0 Å². The zero-order valence-corrected chi connectivity index (χ0v) is 7.90. The van der Waals surface area contributed by atoms with E-state index in [-0.39, 0.29) is 57.9 Å². The summed E-state index contributed by atoms with van der Waals surface area (Å²) in [6, 6.07) is 0. The minimum atomic E-state index is 0. The predicted octanol–water partition coefficient (Wildman–Crippen LogP) is -0.593. The molecule has 0 aliphatic heterocycles. The fourth-order valence-electron chi connectivity index (χ4n) is 0. The monoisotopic (exact) mass is 244 g/mol. The molecule has 0 aliphatic carbocycles. The Balaban J connectivity index is -0.00000000500. The van der Waals surface area contributed by atoms with Crippen molar-refractivity contribution in [2.24, 2.45) is 0 Å². The van der Waals surface area contributed by atoms with Gasteiger partial charge in [-0.15, -0.1) is 0 Å². The zero-order valence-electron chi connectivity index (χ0n) is 2.43. The van der Waals surface area contributed by atoms with E-state index in [1.165, 1.54) is 0 Å². The van der Waals surface area contributed by atoms with Crippen LogP contribution in [0.25, 0.3) is 0 Å². The molecular weight excluding hydrogens is 242 g/mol. The van der Waals surface area contributed by atoms with Crippen LogP contribution in [-0.2, 0) is 17.1 Å². The van der Waals surface area contributed by atoms with Crippen molar-refractivity contribution >= 4 is 16.7 Å². The Labute approximate surface area is 73.4 Å². The summed E-state index contributed by atoms with van der Waals surface area (Å²) in [6.45, 7) is 0. The molecule has 0 aromatic heterocycles. The van der Waals surface area contributed by atoms with Gasteiger partial charge in [0.1, 0.15) is 7.57 Å². The molecular formula is H4BFeNdP. The summed E-state index contributed by atoms with van der Waals surface area (Å²) in [5.41, 5.74) is 0. The maximum atomic E-state index is 2.42. The molecule has 4 heteroatoms. The molecule has 0 rings (SSSR count). The van der Waals surface area contributed by atoms with Crippen molar-refractivity contribution < 1.29 is 57.9 Å². The Morgan fingerprint density at radius 2 is 1.25 bits per heavy atom. The van der Waals surface area contributed by atoms with Gasteiger partial charge < -0.3 is 0 Å². The molecule has 0 amide bonds. The second-order valence-electron chi connectivity index (χ2n) is 0. The molecule has 0 aromatic carbocycles. The summed E-state index contributed by atoms with van der Waals surface area (Å²) in [5.74, 6) is 0. The second kappa shape index (κ2) is 18.3. The van der Waals surface area contributed by atoms with Gasteiger partial charge >= 0.3 is 0 Å². The van der Waals surface area contributed by atoms with E-state index in [0.29, 0.717) is 0 Å². The third kappa shape index (κ3) is 8.84. The first kappa shape index (κ1) is 16.2. The van der Waals surface area contributed by atoms with Crippen LogP contribution in [0.2, 0.25) is 0 Å². The van der Waals surface area contributed by atoms with Crippen LogP contribution in [0.15, 0.2) is 0 Å². The molecule has 0 aliphatic rings. The maximum absolute atomic E-state index is 2.42. The quantitative estimate of drug-likeness (QED) is 0.395. The van der Waals surface area contributed by atoms with Gasteiger partial charge in [-0.25, -0.2) is 0 Å². The normalized spacial score (nSPS) is 1.25. The summed E-state index contributed by atoms with van der Waals surface area (Å²) < 4.78 is 0. The molecule has 0 saturated heterocycles. The van der Waals surface area contributed by atoms with Gasteiger partial charge in [-0.05, 0) is 0 Å². The Hall–Kier alpha value is 2.37. The second-order valence-corrected chi connectivity index (χ2v) is 0. The van der Waals surface area contributed by atoms with E-state index in [0.717, 1.165) is 0 Å². The first-order valence-corrected chi connectivity index (χ1v) is 1.73. The fourth-order valence-corrected chi connectivity index (χ4v) is 0. The number of rotatable bonds is 0. The van der Waals surface area contributed by atoms with Crippen LogP contribution in [0.1, 0.15) is 0 Å². The average Bonchev–Trinajstić information content (AvgIpc) is 1.00. The smallest absolute Gasteiger partial charge is 0.126 e. The van der Waals surface area contributed by atoms with Crippen LogP contribution >= 0.6 is 9.12 Å². The van der Waals surface area contributed by atoms with Gasteiger partial charge in [0.25, 0.3) is 0 Å². The molecule has 0 fully saturated rings. The molecule has 0 bridgehead atoms. The minimum Gasteiger partial charge on any atom is -0.179 e. The first-order valence-electron chi connectivity index (χ1n) is 0.577. The van der Waals surface area contributed by atoms with Crippen molar-refractivity contribution in [1.29, 1.82) is 0 Å². The number of hydrogen-bond donors (Lipinski definition) is 0. The SMILES string of the molecule is BP.[Fe].[Nd]. The third-order valence-corrected chi connectivity index (χ3v) is 0. The average molecular weight is 246 g/mol. The summed E-state index contributed by atoms with van der Waals surface area (Å²) in [7, 11) is 4.33. The summed E-state index contributed by atoms with van der Waals surface area (Å²) in [5, 5.41) is 0. The molecule has 0 aromatic rings. The summed E-state index contributed by atoms with van der Waals surface area (Å²) >= 11 is 0. The van der Waals surface area contributed by atoms with E-state index in [2.05, 4.69) is 9.12 Å². The van der Waals surface area contributed by atoms with Crippen LogP contribution in [0.4, 0.5) is 0 Å². The van der Waals surface area contributed by atoms with Crippen LogP contribution in [-0.4, -0.2) is 7.57 Å². The van der Waals surface area contributed by atoms with E-state index in [1.54, 1.807) is 0 Å². The van der Waals surface area contributed by atoms with Crippen molar-refractivity contribution in [2.75, 3.05) is 0 Å². The van der Waals surface area contributed by atoms with E-state index < -0.39 is 0 Å². The minimum absolute atomic E-state index is 0. The largest absolute Gasteiger partial charge is 0.179 e. The van der Waals surface area contributed by atoms with E-state index in [1.807, 2.05) is 7.57 Å². The third-order valence-electron chi connectivity index (χ3n) is 0.